The average Bonchev–Trinajstić information content (AvgIpc) is 3.19. The molecule has 0 atom stereocenters. The van der Waals surface area contributed by atoms with Gasteiger partial charge in [-0.2, -0.15) is 0 Å². The molecule has 148 valence electrons. The first-order valence-corrected chi connectivity index (χ1v) is 10.3. The lowest BCUT2D eigenvalue weighted by molar-refractivity contribution is 0.866. The van der Waals surface area contributed by atoms with E-state index in [0.29, 0.717) is 0 Å². The van der Waals surface area contributed by atoms with Crippen molar-refractivity contribution in [2.24, 2.45) is 0 Å². The second-order valence-electron chi connectivity index (χ2n) is 7.18. The Morgan fingerprint density at radius 2 is 1.50 bits per heavy atom. The molecule has 2 aromatic carbocycles. The molecule has 0 saturated heterocycles. The fourth-order valence-corrected chi connectivity index (χ4v) is 4.03. The third kappa shape index (κ3) is 2.99. The van der Waals surface area contributed by atoms with Gasteiger partial charge in [-0.25, -0.2) is 9.97 Å². The smallest absolute Gasteiger partial charge is 0.164 e. The quantitative estimate of drug-likeness (QED) is 0.397. The Morgan fingerprint density at radius 1 is 0.767 bits per heavy atom. The van der Waals surface area contributed by atoms with E-state index in [-0.39, 0.29) is 0 Å². The van der Waals surface area contributed by atoms with Crippen molar-refractivity contribution in [2.75, 3.05) is 18.0 Å². The standard InChI is InChI=1S/C25H23N5/c1-3-29(4-2)19-14-12-18(13-15-19)24-28-22-10-7-17-27-25(22)30(24)23-11-5-9-21-20(23)8-6-16-26-21/h5-17H,3-4H2,1-2H3. The number of benzene rings is 2. The molecule has 0 spiro atoms. The van der Waals surface area contributed by atoms with E-state index in [4.69, 9.17) is 4.98 Å². The highest BCUT2D eigenvalue weighted by Gasteiger charge is 2.17. The zero-order valence-corrected chi connectivity index (χ0v) is 17.2. The molecule has 0 fully saturated rings. The molecule has 0 aliphatic carbocycles. The monoisotopic (exact) mass is 393 g/mol. The Balaban J connectivity index is 1.74. The normalized spacial score (nSPS) is 11.3. The number of hydrogen-bond acceptors (Lipinski definition) is 4. The van der Waals surface area contributed by atoms with Crippen LogP contribution in [0.15, 0.2) is 79.1 Å². The fraction of sp³-hybridized carbons (Fsp3) is 0.160. The van der Waals surface area contributed by atoms with E-state index >= 15 is 0 Å². The maximum atomic E-state index is 4.95. The Morgan fingerprint density at radius 3 is 2.30 bits per heavy atom. The molecule has 3 heterocycles. The Bertz CT molecular complexity index is 1310. The van der Waals surface area contributed by atoms with Crippen LogP contribution in [0.25, 0.3) is 39.1 Å². The molecule has 3 aromatic heterocycles. The van der Waals surface area contributed by atoms with Gasteiger partial charge in [0.1, 0.15) is 11.3 Å². The van der Waals surface area contributed by atoms with E-state index in [9.17, 15) is 0 Å². The van der Waals surface area contributed by atoms with Crippen LogP contribution >= 0.6 is 0 Å². The predicted octanol–water partition coefficient (Wildman–Crippen LogP) is 5.48. The third-order valence-corrected chi connectivity index (χ3v) is 5.53. The highest BCUT2D eigenvalue weighted by atomic mass is 15.1. The summed E-state index contributed by atoms with van der Waals surface area (Å²) < 4.78 is 2.14. The number of fused-ring (bicyclic) bond motifs is 2. The van der Waals surface area contributed by atoms with Crippen LogP contribution in [-0.2, 0) is 0 Å². The van der Waals surface area contributed by atoms with Gasteiger partial charge < -0.3 is 4.90 Å². The molecule has 5 rings (SSSR count). The average molecular weight is 393 g/mol. The van der Waals surface area contributed by atoms with Crippen molar-refractivity contribution in [3.8, 4) is 17.1 Å². The van der Waals surface area contributed by atoms with Crippen molar-refractivity contribution in [2.45, 2.75) is 13.8 Å². The summed E-state index contributed by atoms with van der Waals surface area (Å²) in [4.78, 5) is 16.5. The minimum Gasteiger partial charge on any atom is -0.372 e. The van der Waals surface area contributed by atoms with E-state index in [1.54, 1.807) is 0 Å². The van der Waals surface area contributed by atoms with Gasteiger partial charge in [0.05, 0.1) is 11.2 Å². The summed E-state index contributed by atoms with van der Waals surface area (Å²) in [5.74, 6) is 0.881. The van der Waals surface area contributed by atoms with E-state index in [1.807, 2.05) is 42.7 Å². The SMILES string of the molecule is CCN(CC)c1ccc(-c2nc3cccnc3n2-c2cccc3ncccc23)cc1. The largest absolute Gasteiger partial charge is 0.372 e. The first-order valence-electron chi connectivity index (χ1n) is 10.3. The maximum Gasteiger partial charge on any atom is 0.164 e. The molecule has 0 unspecified atom stereocenters. The molecule has 5 nitrogen and oxygen atoms in total. The van der Waals surface area contributed by atoms with E-state index in [1.165, 1.54) is 5.69 Å². The van der Waals surface area contributed by atoms with Crippen LogP contribution in [0.2, 0.25) is 0 Å². The lowest BCUT2D eigenvalue weighted by Crippen LogP contribution is -2.21. The van der Waals surface area contributed by atoms with Crippen LogP contribution in [-0.4, -0.2) is 32.6 Å². The number of hydrogen-bond donors (Lipinski definition) is 0. The van der Waals surface area contributed by atoms with Gasteiger partial charge in [-0.1, -0.05) is 6.07 Å². The van der Waals surface area contributed by atoms with Crippen LogP contribution in [0.5, 0.6) is 0 Å². The number of nitrogens with zero attached hydrogens (tertiary/aromatic N) is 5. The fourth-order valence-electron chi connectivity index (χ4n) is 4.03. The molecule has 5 aromatic rings. The van der Waals surface area contributed by atoms with Crippen LogP contribution < -0.4 is 4.90 Å². The van der Waals surface area contributed by atoms with Crippen LogP contribution in [0.4, 0.5) is 5.69 Å². The van der Waals surface area contributed by atoms with Crippen LogP contribution in [0.1, 0.15) is 13.8 Å². The number of imidazole rings is 1. The molecule has 0 aliphatic rings. The van der Waals surface area contributed by atoms with Gasteiger partial charge in [0.25, 0.3) is 0 Å². The summed E-state index contributed by atoms with van der Waals surface area (Å²) in [6, 6.07) is 22.8. The first kappa shape index (κ1) is 18.3. The molecule has 0 amide bonds. The van der Waals surface area contributed by atoms with Gasteiger partial charge in [0.15, 0.2) is 5.65 Å². The second kappa shape index (κ2) is 7.59. The van der Waals surface area contributed by atoms with Gasteiger partial charge in [-0.15, -0.1) is 0 Å². The summed E-state index contributed by atoms with van der Waals surface area (Å²) in [5.41, 5.74) is 5.99. The third-order valence-electron chi connectivity index (χ3n) is 5.53. The van der Waals surface area contributed by atoms with Gasteiger partial charge in [0, 0.05) is 42.1 Å². The molecule has 0 bridgehead atoms. The molecule has 0 aliphatic heterocycles. The first-order chi connectivity index (χ1) is 14.8. The number of rotatable bonds is 5. The Labute approximate surface area is 175 Å². The van der Waals surface area contributed by atoms with E-state index in [0.717, 1.165) is 52.2 Å². The highest BCUT2D eigenvalue weighted by Crippen LogP contribution is 2.31. The number of anilines is 1. The van der Waals surface area contributed by atoms with Crippen molar-refractivity contribution >= 4 is 27.8 Å². The molecule has 0 N–H and O–H groups in total. The summed E-state index contributed by atoms with van der Waals surface area (Å²) in [5, 5.41) is 1.07. The summed E-state index contributed by atoms with van der Waals surface area (Å²) in [6.07, 6.45) is 3.64. The van der Waals surface area contributed by atoms with Gasteiger partial charge >= 0.3 is 0 Å². The van der Waals surface area contributed by atoms with Gasteiger partial charge in [-0.05, 0) is 74.5 Å². The highest BCUT2D eigenvalue weighted by molar-refractivity contribution is 5.91. The van der Waals surface area contributed by atoms with Crippen molar-refractivity contribution in [3.05, 3.63) is 79.1 Å². The zero-order chi connectivity index (χ0) is 20.5. The van der Waals surface area contributed by atoms with Crippen molar-refractivity contribution in [1.29, 1.82) is 0 Å². The predicted molar refractivity (Wildman–Crippen MR) is 123 cm³/mol. The molecule has 30 heavy (non-hydrogen) atoms. The minimum absolute atomic E-state index is 0.844. The lowest BCUT2D eigenvalue weighted by Gasteiger charge is -2.21. The van der Waals surface area contributed by atoms with Crippen LogP contribution in [0.3, 0.4) is 0 Å². The van der Waals surface area contributed by atoms with E-state index in [2.05, 4.69) is 69.7 Å². The van der Waals surface area contributed by atoms with E-state index < -0.39 is 0 Å². The van der Waals surface area contributed by atoms with Crippen LogP contribution in [0, 0.1) is 0 Å². The Hall–Kier alpha value is -3.73. The molecular weight excluding hydrogens is 370 g/mol. The topological polar surface area (TPSA) is 46.8 Å². The molecule has 0 saturated carbocycles. The Kier molecular flexibility index (Phi) is 4.64. The number of aromatic nitrogens is 4. The van der Waals surface area contributed by atoms with Crippen molar-refractivity contribution in [1.82, 2.24) is 19.5 Å². The minimum atomic E-state index is 0.844. The van der Waals surface area contributed by atoms with Crippen molar-refractivity contribution < 1.29 is 0 Å². The summed E-state index contributed by atoms with van der Waals surface area (Å²) in [7, 11) is 0. The summed E-state index contributed by atoms with van der Waals surface area (Å²) >= 11 is 0. The second-order valence-corrected chi connectivity index (χ2v) is 7.18. The zero-order valence-electron chi connectivity index (χ0n) is 17.2. The van der Waals surface area contributed by atoms with Gasteiger partial charge in [-0.3, -0.25) is 9.55 Å². The summed E-state index contributed by atoms with van der Waals surface area (Å²) in [6.45, 7) is 6.33. The molecular formula is C25H23N5. The van der Waals surface area contributed by atoms with Crippen molar-refractivity contribution in [3.63, 3.8) is 0 Å². The molecule has 0 radical (unpaired) electrons. The maximum absolute atomic E-state index is 4.95. The lowest BCUT2D eigenvalue weighted by atomic mass is 10.1. The molecule has 5 heteroatoms. The number of pyridine rings is 2. The van der Waals surface area contributed by atoms with Gasteiger partial charge in [0.2, 0.25) is 0 Å².